The highest BCUT2D eigenvalue weighted by atomic mass is 32.1. The van der Waals surface area contributed by atoms with Crippen molar-refractivity contribution in [2.45, 2.75) is 32.2 Å². The van der Waals surface area contributed by atoms with Gasteiger partial charge in [-0.05, 0) is 25.7 Å². The topological polar surface area (TPSA) is 48.1 Å². The van der Waals surface area contributed by atoms with E-state index >= 15 is 0 Å². The van der Waals surface area contributed by atoms with Gasteiger partial charge in [-0.3, -0.25) is 0 Å². The van der Waals surface area contributed by atoms with Crippen LogP contribution in [0, 0.1) is 12.8 Å². The van der Waals surface area contributed by atoms with Crippen LogP contribution < -0.4 is 5.73 Å². The van der Waals surface area contributed by atoms with Crippen LogP contribution in [0.15, 0.2) is 5.38 Å². The van der Waals surface area contributed by atoms with Gasteiger partial charge in [-0.15, -0.1) is 11.3 Å². The van der Waals surface area contributed by atoms with Crippen LogP contribution in [0.4, 0.5) is 0 Å². The molecule has 0 spiro atoms. The van der Waals surface area contributed by atoms with E-state index in [0.29, 0.717) is 5.92 Å². The van der Waals surface area contributed by atoms with Crippen molar-refractivity contribution in [3.8, 4) is 0 Å². The molecule has 0 bridgehead atoms. The third-order valence-electron chi connectivity index (χ3n) is 2.76. The Labute approximate surface area is 94.7 Å². The number of rotatable bonds is 4. The van der Waals surface area contributed by atoms with Gasteiger partial charge in [0.15, 0.2) is 0 Å². The van der Waals surface area contributed by atoms with E-state index in [9.17, 15) is 0 Å². The summed E-state index contributed by atoms with van der Waals surface area (Å²) in [6.07, 6.45) is 3.15. The van der Waals surface area contributed by atoms with Crippen molar-refractivity contribution in [3.63, 3.8) is 0 Å². The van der Waals surface area contributed by atoms with Crippen molar-refractivity contribution in [2.75, 3.05) is 13.2 Å². The van der Waals surface area contributed by atoms with Gasteiger partial charge in [0.25, 0.3) is 0 Å². The molecule has 1 aromatic rings. The van der Waals surface area contributed by atoms with Gasteiger partial charge in [0.2, 0.25) is 0 Å². The van der Waals surface area contributed by atoms with Crippen molar-refractivity contribution in [2.24, 2.45) is 11.7 Å². The van der Waals surface area contributed by atoms with Crippen LogP contribution >= 0.6 is 11.3 Å². The Morgan fingerprint density at radius 2 is 2.60 bits per heavy atom. The van der Waals surface area contributed by atoms with E-state index in [0.717, 1.165) is 31.7 Å². The fourth-order valence-corrected chi connectivity index (χ4v) is 2.87. The van der Waals surface area contributed by atoms with Gasteiger partial charge >= 0.3 is 0 Å². The quantitative estimate of drug-likeness (QED) is 0.851. The first-order valence-electron chi connectivity index (χ1n) is 5.48. The van der Waals surface area contributed by atoms with Gasteiger partial charge in [0.05, 0.1) is 5.01 Å². The predicted molar refractivity (Wildman–Crippen MR) is 62.1 cm³/mol. The minimum absolute atomic E-state index is 0.238. The first kappa shape index (κ1) is 11.0. The summed E-state index contributed by atoms with van der Waals surface area (Å²) in [4.78, 5) is 4.43. The molecule has 2 heterocycles. The lowest BCUT2D eigenvalue weighted by atomic mass is 9.98. The van der Waals surface area contributed by atoms with E-state index in [1.807, 2.05) is 6.92 Å². The number of thiazole rings is 1. The third-order valence-corrected chi connectivity index (χ3v) is 3.75. The molecule has 2 rings (SSSR count). The molecule has 0 aromatic carbocycles. The molecular formula is C11H18N2OS. The zero-order valence-electron chi connectivity index (χ0n) is 9.11. The predicted octanol–water partition coefficient (Wildman–Crippen LogP) is 1.75. The van der Waals surface area contributed by atoms with Crippen LogP contribution in [-0.2, 0) is 11.2 Å². The van der Waals surface area contributed by atoms with Crippen LogP contribution in [0.25, 0.3) is 0 Å². The number of hydrogen-bond donors (Lipinski definition) is 1. The van der Waals surface area contributed by atoms with Crippen LogP contribution in [0.5, 0.6) is 0 Å². The number of hydrogen-bond acceptors (Lipinski definition) is 4. The molecule has 3 nitrogen and oxygen atoms in total. The Morgan fingerprint density at radius 1 is 1.73 bits per heavy atom. The molecule has 1 saturated heterocycles. The summed E-state index contributed by atoms with van der Waals surface area (Å²) in [5.41, 5.74) is 7.21. The van der Waals surface area contributed by atoms with Gasteiger partial charge in [-0.25, -0.2) is 4.98 Å². The Hall–Kier alpha value is -0.450. The van der Waals surface area contributed by atoms with Crippen LogP contribution in [-0.4, -0.2) is 24.2 Å². The Morgan fingerprint density at radius 3 is 3.20 bits per heavy atom. The van der Waals surface area contributed by atoms with E-state index in [-0.39, 0.29) is 6.04 Å². The normalized spacial score (nSPS) is 23.2. The largest absolute Gasteiger partial charge is 0.381 e. The lowest BCUT2D eigenvalue weighted by molar-refractivity contribution is 0.182. The molecule has 84 valence electrons. The average Bonchev–Trinajstić information content (AvgIpc) is 2.77. The van der Waals surface area contributed by atoms with Gasteiger partial charge in [0.1, 0.15) is 0 Å². The van der Waals surface area contributed by atoms with E-state index in [2.05, 4.69) is 10.4 Å². The number of ether oxygens (including phenoxy) is 1. The highest BCUT2D eigenvalue weighted by Crippen LogP contribution is 2.20. The molecule has 2 N–H and O–H groups in total. The molecule has 0 saturated carbocycles. The number of aryl methyl sites for hydroxylation is 1. The SMILES string of the molecule is Cc1csc(CC(N)CC2CCOC2)n1. The molecule has 1 aliphatic rings. The van der Waals surface area contributed by atoms with E-state index < -0.39 is 0 Å². The number of nitrogens with two attached hydrogens (primary N) is 1. The summed E-state index contributed by atoms with van der Waals surface area (Å²) in [6.45, 7) is 3.83. The molecular weight excluding hydrogens is 208 g/mol. The second-order valence-corrected chi connectivity index (χ2v) is 5.25. The summed E-state index contributed by atoms with van der Waals surface area (Å²) < 4.78 is 5.34. The zero-order valence-corrected chi connectivity index (χ0v) is 9.93. The highest BCUT2D eigenvalue weighted by molar-refractivity contribution is 7.09. The molecule has 4 heteroatoms. The molecule has 2 unspecified atom stereocenters. The van der Waals surface area contributed by atoms with Crippen molar-refractivity contribution >= 4 is 11.3 Å². The summed E-state index contributed by atoms with van der Waals surface area (Å²) in [5.74, 6) is 0.668. The summed E-state index contributed by atoms with van der Waals surface area (Å²) in [5, 5.41) is 3.25. The molecule has 0 radical (unpaired) electrons. The van der Waals surface area contributed by atoms with Gasteiger partial charge in [0, 0.05) is 36.8 Å². The minimum atomic E-state index is 0.238. The number of aromatic nitrogens is 1. The summed E-state index contributed by atoms with van der Waals surface area (Å²) in [6, 6.07) is 0.238. The van der Waals surface area contributed by atoms with Crippen molar-refractivity contribution in [3.05, 3.63) is 16.1 Å². The van der Waals surface area contributed by atoms with E-state index in [1.54, 1.807) is 11.3 Å². The van der Waals surface area contributed by atoms with Crippen LogP contribution in [0.2, 0.25) is 0 Å². The summed E-state index contributed by atoms with van der Waals surface area (Å²) >= 11 is 1.71. The minimum Gasteiger partial charge on any atom is -0.381 e. The molecule has 2 atom stereocenters. The maximum Gasteiger partial charge on any atom is 0.0943 e. The molecule has 15 heavy (non-hydrogen) atoms. The van der Waals surface area contributed by atoms with Crippen molar-refractivity contribution in [1.82, 2.24) is 4.98 Å². The summed E-state index contributed by atoms with van der Waals surface area (Å²) in [7, 11) is 0. The monoisotopic (exact) mass is 226 g/mol. The first-order valence-corrected chi connectivity index (χ1v) is 6.36. The fraction of sp³-hybridized carbons (Fsp3) is 0.727. The molecule has 0 amide bonds. The van der Waals surface area contributed by atoms with E-state index in [4.69, 9.17) is 10.5 Å². The standard InChI is InChI=1S/C11H18N2OS/c1-8-7-15-11(13-8)5-10(12)4-9-2-3-14-6-9/h7,9-10H,2-6,12H2,1H3. The van der Waals surface area contributed by atoms with Gasteiger partial charge in [-0.2, -0.15) is 0 Å². The Kier molecular flexibility index (Phi) is 3.72. The first-order chi connectivity index (χ1) is 7.24. The van der Waals surface area contributed by atoms with Crippen LogP contribution in [0.3, 0.4) is 0 Å². The maximum absolute atomic E-state index is 6.11. The zero-order chi connectivity index (χ0) is 10.7. The number of nitrogens with zero attached hydrogens (tertiary/aromatic N) is 1. The second kappa shape index (κ2) is 5.05. The van der Waals surface area contributed by atoms with Crippen LogP contribution in [0.1, 0.15) is 23.5 Å². The molecule has 1 fully saturated rings. The third kappa shape index (κ3) is 3.26. The highest BCUT2D eigenvalue weighted by Gasteiger charge is 2.19. The van der Waals surface area contributed by atoms with E-state index in [1.165, 1.54) is 11.4 Å². The lowest BCUT2D eigenvalue weighted by Crippen LogP contribution is -2.26. The average molecular weight is 226 g/mol. The van der Waals surface area contributed by atoms with Gasteiger partial charge < -0.3 is 10.5 Å². The molecule has 1 aromatic heterocycles. The lowest BCUT2D eigenvalue weighted by Gasteiger charge is -2.13. The fourth-order valence-electron chi connectivity index (χ4n) is 2.00. The second-order valence-electron chi connectivity index (χ2n) is 4.31. The maximum atomic E-state index is 6.11. The Bertz CT molecular complexity index is 307. The smallest absolute Gasteiger partial charge is 0.0943 e. The molecule has 0 aliphatic carbocycles. The van der Waals surface area contributed by atoms with Crippen molar-refractivity contribution in [1.29, 1.82) is 0 Å². The van der Waals surface area contributed by atoms with Gasteiger partial charge in [-0.1, -0.05) is 0 Å². The Balaban J connectivity index is 1.78. The van der Waals surface area contributed by atoms with Crippen molar-refractivity contribution < 1.29 is 4.74 Å². The molecule has 1 aliphatic heterocycles.